The minimum Gasteiger partial charge on any atom is -0.507 e. The zero-order valence-corrected chi connectivity index (χ0v) is 22.9. The van der Waals surface area contributed by atoms with Crippen LogP contribution in [0.2, 0.25) is 0 Å². The summed E-state index contributed by atoms with van der Waals surface area (Å²) in [5.74, 6) is 1.21. The number of carbonyl (C=O) groups excluding carboxylic acids is 1. The number of nitrogens with zero attached hydrogens (tertiary/aromatic N) is 3. The van der Waals surface area contributed by atoms with Gasteiger partial charge in [-0.15, -0.1) is 0 Å². The smallest absolute Gasteiger partial charge is 0.223 e. The fourth-order valence-electron chi connectivity index (χ4n) is 5.06. The number of methoxy groups -OCH3 is 1. The molecule has 2 aromatic heterocycles. The molecule has 3 atom stereocenters. The summed E-state index contributed by atoms with van der Waals surface area (Å²) in [6.45, 7) is 4.40. The Labute approximate surface area is 233 Å². The van der Waals surface area contributed by atoms with Gasteiger partial charge in [0.25, 0.3) is 0 Å². The molecule has 0 bridgehead atoms. The zero-order chi connectivity index (χ0) is 28.2. The van der Waals surface area contributed by atoms with Crippen molar-refractivity contribution in [2.75, 3.05) is 13.7 Å². The van der Waals surface area contributed by atoms with Crippen molar-refractivity contribution in [2.45, 2.75) is 32.4 Å². The number of benzene rings is 3. The third kappa shape index (κ3) is 5.75. The summed E-state index contributed by atoms with van der Waals surface area (Å²) in [4.78, 5) is 22.8. The van der Waals surface area contributed by atoms with Crippen LogP contribution in [0.5, 0.6) is 11.5 Å². The first-order valence-corrected chi connectivity index (χ1v) is 13.4. The normalized spacial score (nSPS) is 16.4. The molecule has 0 aliphatic carbocycles. The average molecular weight is 536 g/mol. The van der Waals surface area contributed by atoms with E-state index in [0.717, 1.165) is 44.4 Å². The van der Waals surface area contributed by atoms with E-state index >= 15 is 0 Å². The highest BCUT2D eigenvalue weighted by Crippen LogP contribution is 2.32. The minimum absolute atomic E-state index is 0.0298. The Bertz CT molecular complexity index is 1630. The van der Waals surface area contributed by atoms with Crippen LogP contribution in [-0.2, 0) is 4.79 Å². The van der Waals surface area contributed by atoms with Crippen molar-refractivity contribution in [1.29, 1.82) is 0 Å². The van der Waals surface area contributed by atoms with Crippen LogP contribution in [0.3, 0.4) is 0 Å². The number of pyridine rings is 2. The number of phenols is 1. The van der Waals surface area contributed by atoms with Gasteiger partial charge in [0, 0.05) is 41.4 Å². The van der Waals surface area contributed by atoms with Gasteiger partial charge in [-0.2, -0.15) is 0 Å². The molecule has 204 valence electrons. The SMILES string of the molecule is COc1ccc([C@H](C)N2C[C@H]([C@H](C)O)CC2=O)cc1.Oc1cc(-c2ccc3ccccc3n2)cc2ncccc12. The van der Waals surface area contributed by atoms with Crippen LogP contribution in [0.25, 0.3) is 33.1 Å². The molecule has 1 fully saturated rings. The molecule has 5 aromatic rings. The van der Waals surface area contributed by atoms with E-state index in [0.29, 0.717) is 13.0 Å². The number of likely N-dealkylation sites (tertiary alicyclic amines) is 1. The molecule has 7 heteroatoms. The number of hydrogen-bond donors (Lipinski definition) is 2. The van der Waals surface area contributed by atoms with Crippen LogP contribution < -0.4 is 4.74 Å². The Morgan fingerprint density at radius 2 is 1.73 bits per heavy atom. The van der Waals surface area contributed by atoms with Crippen LogP contribution in [0.15, 0.2) is 91.1 Å². The van der Waals surface area contributed by atoms with Gasteiger partial charge >= 0.3 is 0 Å². The van der Waals surface area contributed by atoms with Gasteiger partial charge in [-0.3, -0.25) is 9.78 Å². The number of rotatable bonds is 5. The van der Waals surface area contributed by atoms with Crippen molar-refractivity contribution in [3.05, 3.63) is 96.7 Å². The maximum absolute atomic E-state index is 12.0. The zero-order valence-electron chi connectivity index (χ0n) is 22.9. The summed E-state index contributed by atoms with van der Waals surface area (Å²) < 4.78 is 5.13. The van der Waals surface area contributed by atoms with Gasteiger partial charge in [0.15, 0.2) is 0 Å². The first-order chi connectivity index (χ1) is 19.3. The monoisotopic (exact) mass is 535 g/mol. The summed E-state index contributed by atoms with van der Waals surface area (Å²) in [7, 11) is 1.63. The molecular weight excluding hydrogens is 502 g/mol. The van der Waals surface area contributed by atoms with E-state index in [1.54, 1.807) is 26.3 Å². The highest BCUT2D eigenvalue weighted by molar-refractivity contribution is 5.90. The number of hydrogen-bond acceptors (Lipinski definition) is 6. The van der Waals surface area contributed by atoms with Crippen LogP contribution in [0, 0.1) is 5.92 Å². The number of aromatic nitrogens is 2. The molecule has 3 aromatic carbocycles. The van der Waals surface area contributed by atoms with Gasteiger partial charge < -0.3 is 19.8 Å². The lowest BCUT2D eigenvalue weighted by Crippen LogP contribution is -2.29. The van der Waals surface area contributed by atoms with E-state index in [9.17, 15) is 15.0 Å². The van der Waals surface area contributed by atoms with E-state index in [2.05, 4.69) is 9.97 Å². The second kappa shape index (κ2) is 11.7. The molecule has 1 amide bonds. The van der Waals surface area contributed by atoms with E-state index in [4.69, 9.17) is 4.74 Å². The second-order valence-electron chi connectivity index (χ2n) is 10.2. The van der Waals surface area contributed by atoms with Crippen molar-refractivity contribution in [3.8, 4) is 22.8 Å². The van der Waals surface area contributed by atoms with Crippen molar-refractivity contribution in [1.82, 2.24) is 14.9 Å². The predicted octanol–water partition coefficient (Wildman–Crippen LogP) is 6.14. The maximum Gasteiger partial charge on any atom is 0.223 e. The highest BCUT2D eigenvalue weighted by atomic mass is 16.5. The Morgan fingerprint density at radius 3 is 2.45 bits per heavy atom. The molecule has 1 aliphatic rings. The van der Waals surface area contributed by atoms with Gasteiger partial charge in [-0.25, -0.2) is 4.98 Å². The molecule has 0 radical (unpaired) electrons. The van der Waals surface area contributed by atoms with E-state index in [1.165, 1.54) is 0 Å². The van der Waals surface area contributed by atoms with Gasteiger partial charge in [-0.05, 0) is 67.9 Å². The molecule has 0 spiro atoms. The molecule has 1 saturated heterocycles. The Kier molecular flexibility index (Phi) is 7.94. The number of carbonyl (C=O) groups is 1. The number of aromatic hydroxyl groups is 1. The lowest BCUT2D eigenvalue weighted by atomic mass is 10.0. The first-order valence-electron chi connectivity index (χ1n) is 13.4. The van der Waals surface area contributed by atoms with Crippen LogP contribution in [0.1, 0.15) is 31.9 Å². The molecule has 0 unspecified atom stereocenters. The summed E-state index contributed by atoms with van der Waals surface area (Å²) in [6.07, 6.45) is 1.73. The second-order valence-corrected chi connectivity index (χ2v) is 10.2. The minimum atomic E-state index is -0.433. The molecule has 2 N–H and O–H groups in total. The number of amides is 1. The summed E-state index contributed by atoms with van der Waals surface area (Å²) in [5, 5.41) is 21.6. The number of aliphatic hydroxyl groups excluding tert-OH is 1. The predicted molar refractivity (Wildman–Crippen MR) is 157 cm³/mol. The van der Waals surface area contributed by atoms with Gasteiger partial charge in [-0.1, -0.05) is 36.4 Å². The standard InChI is InChI=1S/C18H12N2O.C15H21NO3/c21-18-11-13(10-17-14(18)5-3-9-19-17)16-8-7-12-4-1-2-6-15(12)20-16;1-10(12-4-6-14(19-3)7-5-12)16-9-13(11(2)17)8-15(16)18/h1-11,21H;4-7,10-11,13,17H,8-9H2,1-3H3/t;10-,11-,13+/m.0/s1. The summed E-state index contributed by atoms with van der Waals surface area (Å²) in [5.41, 5.74) is 4.49. The first kappa shape index (κ1) is 27.1. The van der Waals surface area contributed by atoms with Crippen LogP contribution >= 0.6 is 0 Å². The topological polar surface area (TPSA) is 95.8 Å². The lowest BCUT2D eigenvalue weighted by molar-refractivity contribution is -0.129. The fourth-order valence-corrected chi connectivity index (χ4v) is 5.06. The average Bonchev–Trinajstić information content (AvgIpc) is 3.39. The molecule has 3 heterocycles. The van der Waals surface area contributed by atoms with Crippen molar-refractivity contribution < 1.29 is 19.7 Å². The van der Waals surface area contributed by atoms with Crippen molar-refractivity contribution in [2.24, 2.45) is 5.92 Å². The van der Waals surface area contributed by atoms with E-state index in [1.807, 2.05) is 90.7 Å². The number of para-hydroxylation sites is 1. The fraction of sp³-hybridized carbons (Fsp3) is 0.242. The van der Waals surface area contributed by atoms with Gasteiger partial charge in [0.1, 0.15) is 11.5 Å². The van der Waals surface area contributed by atoms with Crippen LogP contribution in [-0.4, -0.2) is 50.7 Å². The largest absolute Gasteiger partial charge is 0.507 e. The maximum atomic E-state index is 12.0. The van der Waals surface area contributed by atoms with Gasteiger partial charge in [0.2, 0.25) is 5.91 Å². The Hall–Kier alpha value is -4.49. The van der Waals surface area contributed by atoms with E-state index < -0.39 is 6.10 Å². The number of aliphatic hydroxyl groups is 1. The number of fused-ring (bicyclic) bond motifs is 2. The third-order valence-electron chi connectivity index (χ3n) is 7.53. The molecule has 1 aliphatic heterocycles. The number of phenolic OH excluding ortho intramolecular Hbond substituents is 1. The van der Waals surface area contributed by atoms with E-state index in [-0.39, 0.29) is 23.6 Å². The highest BCUT2D eigenvalue weighted by Gasteiger charge is 2.35. The van der Waals surface area contributed by atoms with Crippen molar-refractivity contribution in [3.63, 3.8) is 0 Å². The quantitative estimate of drug-likeness (QED) is 0.281. The third-order valence-corrected chi connectivity index (χ3v) is 7.53. The van der Waals surface area contributed by atoms with Gasteiger partial charge in [0.05, 0.1) is 36.0 Å². The lowest BCUT2D eigenvalue weighted by Gasteiger charge is -2.25. The molecule has 0 saturated carbocycles. The molecule has 40 heavy (non-hydrogen) atoms. The summed E-state index contributed by atoms with van der Waals surface area (Å²) >= 11 is 0. The summed E-state index contributed by atoms with van der Waals surface area (Å²) in [6, 6.07) is 27.1. The molecule has 6 rings (SSSR count). The Morgan fingerprint density at radius 1 is 0.950 bits per heavy atom. The molecule has 7 nitrogen and oxygen atoms in total. The molecular formula is C33H33N3O4. The Balaban J connectivity index is 0.000000162. The van der Waals surface area contributed by atoms with Crippen LogP contribution in [0.4, 0.5) is 0 Å². The number of ether oxygens (including phenoxy) is 1. The van der Waals surface area contributed by atoms with Crippen molar-refractivity contribution >= 4 is 27.7 Å².